The van der Waals surface area contributed by atoms with Gasteiger partial charge in [-0.25, -0.2) is 0 Å². The molecule has 1 saturated carbocycles. The van der Waals surface area contributed by atoms with Crippen LogP contribution in [0.25, 0.3) is 0 Å². The van der Waals surface area contributed by atoms with E-state index in [1.165, 1.54) is 37.7 Å². The molecule has 1 atom stereocenters. The fraction of sp³-hybridized carbons (Fsp3) is 0.667. The van der Waals surface area contributed by atoms with Crippen molar-refractivity contribution in [2.45, 2.75) is 56.6 Å². The highest BCUT2D eigenvalue weighted by Gasteiger charge is 2.38. The molecule has 0 bridgehead atoms. The van der Waals surface area contributed by atoms with Crippen LogP contribution in [0.5, 0.6) is 5.75 Å². The summed E-state index contributed by atoms with van der Waals surface area (Å²) in [6.07, 6.45) is 8.45. The number of aryl methyl sites for hydroxylation is 1. The molecule has 0 amide bonds. The van der Waals surface area contributed by atoms with E-state index in [9.17, 15) is 0 Å². The lowest BCUT2D eigenvalue weighted by Gasteiger charge is -2.42. The highest BCUT2D eigenvalue weighted by atomic mass is 16.5. The summed E-state index contributed by atoms with van der Waals surface area (Å²) in [5.74, 6) is 0.921. The summed E-state index contributed by atoms with van der Waals surface area (Å²) in [6, 6.07) is 8.81. The molecule has 1 aromatic carbocycles. The first-order valence-corrected chi connectivity index (χ1v) is 8.09. The fourth-order valence-corrected chi connectivity index (χ4v) is 3.62. The molecule has 0 heterocycles. The van der Waals surface area contributed by atoms with E-state index >= 15 is 0 Å². The number of nitrogens with one attached hydrogen (secondary N) is 1. The number of methoxy groups -OCH3 is 2. The molecular formula is C18H29NO2. The van der Waals surface area contributed by atoms with Gasteiger partial charge in [-0.2, -0.15) is 0 Å². The van der Waals surface area contributed by atoms with Crippen LogP contribution in [0.4, 0.5) is 0 Å². The standard InChI is InChI=1S/C18H29NO2/c1-19-17(18(21-3)13-5-4-6-14-18)12-9-15-7-10-16(20-2)11-8-15/h7-8,10-11,17,19H,4-6,9,12-14H2,1-3H3. The molecule has 1 fully saturated rings. The number of hydrogen-bond acceptors (Lipinski definition) is 3. The van der Waals surface area contributed by atoms with Crippen LogP contribution in [0, 0.1) is 0 Å². The quantitative estimate of drug-likeness (QED) is 0.833. The minimum absolute atomic E-state index is 0.0273. The summed E-state index contributed by atoms with van der Waals surface area (Å²) >= 11 is 0. The Balaban J connectivity index is 1.97. The maximum atomic E-state index is 5.97. The third-order valence-electron chi connectivity index (χ3n) is 4.97. The van der Waals surface area contributed by atoms with Gasteiger partial charge in [-0.15, -0.1) is 0 Å². The molecule has 0 aromatic heterocycles. The van der Waals surface area contributed by atoms with Crippen molar-refractivity contribution in [2.24, 2.45) is 0 Å². The summed E-state index contributed by atoms with van der Waals surface area (Å²) < 4.78 is 11.2. The molecule has 1 aliphatic rings. The zero-order chi connectivity index (χ0) is 15.1. The second-order valence-electron chi connectivity index (χ2n) is 6.06. The van der Waals surface area contributed by atoms with Crippen LogP contribution in [0.2, 0.25) is 0 Å². The van der Waals surface area contributed by atoms with Gasteiger partial charge >= 0.3 is 0 Å². The van der Waals surface area contributed by atoms with Gasteiger partial charge in [0.1, 0.15) is 5.75 Å². The molecule has 1 aromatic rings. The van der Waals surface area contributed by atoms with Crippen LogP contribution in [-0.4, -0.2) is 32.9 Å². The smallest absolute Gasteiger partial charge is 0.118 e. The Morgan fingerprint density at radius 3 is 2.29 bits per heavy atom. The topological polar surface area (TPSA) is 30.5 Å². The van der Waals surface area contributed by atoms with E-state index in [2.05, 4.69) is 24.5 Å². The fourth-order valence-electron chi connectivity index (χ4n) is 3.62. The van der Waals surface area contributed by atoms with Crippen molar-refractivity contribution in [1.29, 1.82) is 0 Å². The van der Waals surface area contributed by atoms with Crippen LogP contribution in [0.1, 0.15) is 44.1 Å². The number of benzene rings is 1. The Hall–Kier alpha value is -1.06. The van der Waals surface area contributed by atoms with Crippen molar-refractivity contribution in [1.82, 2.24) is 5.32 Å². The summed E-state index contributed by atoms with van der Waals surface area (Å²) in [4.78, 5) is 0. The van der Waals surface area contributed by atoms with Crippen molar-refractivity contribution < 1.29 is 9.47 Å². The Bertz CT molecular complexity index is 410. The van der Waals surface area contributed by atoms with Crippen molar-refractivity contribution in [3.05, 3.63) is 29.8 Å². The average Bonchev–Trinajstić information content (AvgIpc) is 2.56. The van der Waals surface area contributed by atoms with Crippen LogP contribution in [0.15, 0.2) is 24.3 Å². The van der Waals surface area contributed by atoms with Gasteiger partial charge < -0.3 is 14.8 Å². The van der Waals surface area contributed by atoms with Crippen LogP contribution < -0.4 is 10.1 Å². The van der Waals surface area contributed by atoms with Crippen molar-refractivity contribution in [3.8, 4) is 5.75 Å². The molecule has 1 N–H and O–H groups in total. The molecule has 3 heteroatoms. The predicted molar refractivity (Wildman–Crippen MR) is 87.0 cm³/mol. The second-order valence-corrected chi connectivity index (χ2v) is 6.06. The van der Waals surface area contributed by atoms with E-state index < -0.39 is 0 Å². The zero-order valence-corrected chi connectivity index (χ0v) is 13.7. The molecule has 0 spiro atoms. The third kappa shape index (κ3) is 3.98. The van der Waals surface area contributed by atoms with Crippen molar-refractivity contribution >= 4 is 0 Å². The maximum absolute atomic E-state index is 5.97. The number of hydrogen-bond donors (Lipinski definition) is 1. The molecule has 0 aliphatic heterocycles. The van der Waals surface area contributed by atoms with Gasteiger partial charge in [0.15, 0.2) is 0 Å². The molecule has 0 saturated heterocycles. The predicted octanol–water partition coefficient (Wildman–Crippen LogP) is 3.57. The number of likely N-dealkylation sites (N-methyl/N-ethyl adjacent to an activating group) is 1. The molecule has 21 heavy (non-hydrogen) atoms. The first-order valence-electron chi connectivity index (χ1n) is 8.09. The number of ether oxygens (including phenoxy) is 2. The minimum Gasteiger partial charge on any atom is -0.497 e. The molecule has 2 rings (SSSR count). The maximum Gasteiger partial charge on any atom is 0.118 e. The zero-order valence-electron chi connectivity index (χ0n) is 13.7. The molecule has 118 valence electrons. The normalized spacial score (nSPS) is 19.2. The summed E-state index contributed by atoms with van der Waals surface area (Å²) in [5, 5.41) is 3.51. The third-order valence-corrected chi connectivity index (χ3v) is 4.97. The average molecular weight is 291 g/mol. The minimum atomic E-state index is 0.0273. The largest absolute Gasteiger partial charge is 0.497 e. The van der Waals surface area contributed by atoms with E-state index in [-0.39, 0.29) is 5.60 Å². The summed E-state index contributed by atoms with van der Waals surface area (Å²) in [6.45, 7) is 0. The van der Waals surface area contributed by atoms with Gasteiger partial charge in [0.25, 0.3) is 0 Å². The van der Waals surface area contributed by atoms with Crippen molar-refractivity contribution in [2.75, 3.05) is 21.3 Å². The van der Waals surface area contributed by atoms with Gasteiger partial charge in [0, 0.05) is 13.2 Å². The van der Waals surface area contributed by atoms with Crippen LogP contribution in [0.3, 0.4) is 0 Å². The van der Waals surface area contributed by atoms with E-state index in [4.69, 9.17) is 9.47 Å². The van der Waals surface area contributed by atoms with E-state index in [1.807, 2.05) is 19.2 Å². The van der Waals surface area contributed by atoms with Gasteiger partial charge in [-0.1, -0.05) is 31.4 Å². The first-order chi connectivity index (χ1) is 10.2. The molecular weight excluding hydrogens is 262 g/mol. The Morgan fingerprint density at radius 2 is 1.76 bits per heavy atom. The number of rotatable bonds is 7. The summed E-state index contributed by atoms with van der Waals surface area (Å²) in [5.41, 5.74) is 1.39. The second kappa shape index (κ2) is 7.81. The molecule has 1 aliphatic carbocycles. The molecule has 3 nitrogen and oxygen atoms in total. The van der Waals surface area contributed by atoms with Gasteiger partial charge in [-0.05, 0) is 50.4 Å². The van der Waals surface area contributed by atoms with E-state index in [0.717, 1.165) is 18.6 Å². The monoisotopic (exact) mass is 291 g/mol. The lowest BCUT2D eigenvalue weighted by Crippen LogP contribution is -2.52. The SMILES string of the molecule is CNC(CCc1ccc(OC)cc1)C1(OC)CCCCC1. The van der Waals surface area contributed by atoms with Gasteiger partial charge in [0.05, 0.1) is 12.7 Å². The highest BCUT2D eigenvalue weighted by molar-refractivity contribution is 5.27. The lowest BCUT2D eigenvalue weighted by molar-refractivity contribution is -0.0675. The van der Waals surface area contributed by atoms with Crippen LogP contribution >= 0.6 is 0 Å². The van der Waals surface area contributed by atoms with Gasteiger partial charge in [-0.3, -0.25) is 0 Å². The van der Waals surface area contributed by atoms with E-state index in [0.29, 0.717) is 6.04 Å². The molecule has 0 radical (unpaired) electrons. The van der Waals surface area contributed by atoms with Crippen LogP contribution in [-0.2, 0) is 11.2 Å². The Morgan fingerprint density at radius 1 is 1.10 bits per heavy atom. The van der Waals surface area contributed by atoms with Gasteiger partial charge in [0.2, 0.25) is 0 Å². The highest BCUT2D eigenvalue weighted by Crippen LogP contribution is 2.35. The lowest BCUT2D eigenvalue weighted by atomic mass is 9.77. The molecule has 1 unspecified atom stereocenters. The summed E-state index contributed by atoms with van der Waals surface area (Å²) in [7, 11) is 5.65. The Labute approximate surface area is 129 Å². The Kier molecular flexibility index (Phi) is 6.07. The van der Waals surface area contributed by atoms with Crippen molar-refractivity contribution in [3.63, 3.8) is 0 Å². The first kappa shape index (κ1) is 16.3. The van der Waals surface area contributed by atoms with E-state index in [1.54, 1.807) is 7.11 Å².